The Morgan fingerprint density at radius 3 is 2.55 bits per heavy atom. The van der Waals surface area contributed by atoms with Gasteiger partial charge in [0.15, 0.2) is 0 Å². The molecule has 20 heavy (non-hydrogen) atoms. The fourth-order valence-corrected chi connectivity index (χ4v) is 3.54. The van der Waals surface area contributed by atoms with Crippen LogP contribution in [0.15, 0.2) is 0 Å². The molecule has 3 unspecified atom stereocenters. The molecule has 0 bridgehead atoms. The van der Waals surface area contributed by atoms with Gasteiger partial charge < -0.3 is 5.73 Å². The Morgan fingerprint density at radius 1 is 1.35 bits per heavy atom. The maximum Gasteiger partial charge on any atom is 0.0691 e. The number of nitrogens with one attached hydrogen (secondary N) is 1. The van der Waals surface area contributed by atoms with E-state index in [0.29, 0.717) is 12.0 Å². The first-order valence-electron chi connectivity index (χ1n) is 8.31. The molecule has 0 saturated heterocycles. The van der Waals surface area contributed by atoms with Crippen molar-refractivity contribution >= 4 is 0 Å². The molecular weight excluding hydrogens is 244 g/mol. The van der Waals surface area contributed by atoms with Crippen molar-refractivity contribution < 1.29 is 0 Å². The van der Waals surface area contributed by atoms with Crippen molar-refractivity contribution in [2.75, 3.05) is 6.54 Å². The van der Waals surface area contributed by atoms with Gasteiger partial charge in [0.2, 0.25) is 0 Å². The standard InChI is InChI=1S/C18H34N2/c1-6-9-16(7-2)20-18(14-19)12-8-10-15(11-13-18)17(3,4)5/h2,15-16,20H,6,8-14,19H2,1,3-5H3. The normalized spacial score (nSPS) is 29.5. The van der Waals surface area contributed by atoms with Crippen LogP contribution >= 0.6 is 0 Å². The number of hydrogen-bond acceptors (Lipinski definition) is 2. The van der Waals surface area contributed by atoms with E-state index in [0.717, 1.165) is 31.6 Å². The summed E-state index contributed by atoms with van der Waals surface area (Å²) in [7, 11) is 0. The molecule has 1 fully saturated rings. The summed E-state index contributed by atoms with van der Waals surface area (Å²) in [5, 5.41) is 3.72. The summed E-state index contributed by atoms with van der Waals surface area (Å²) in [6, 6.07) is 0.176. The second kappa shape index (κ2) is 7.48. The van der Waals surface area contributed by atoms with Crippen LogP contribution in [0.25, 0.3) is 0 Å². The zero-order chi connectivity index (χ0) is 15.2. The Hall–Kier alpha value is -0.520. The van der Waals surface area contributed by atoms with Crippen LogP contribution in [0, 0.1) is 23.7 Å². The van der Waals surface area contributed by atoms with Crippen molar-refractivity contribution in [2.45, 2.75) is 84.2 Å². The summed E-state index contributed by atoms with van der Waals surface area (Å²) >= 11 is 0. The van der Waals surface area contributed by atoms with Gasteiger partial charge in [-0.1, -0.05) is 46.5 Å². The van der Waals surface area contributed by atoms with E-state index in [4.69, 9.17) is 12.2 Å². The van der Waals surface area contributed by atoms with Crippen LogP contribution in [-0.2, 0) is 0 Å². The van der Waals surface area contributed by atoms with E-state index in [9.17, 15) is 0 Å². The number of rotatable bonds is 5. The van der Waals surface area contributed by atoms with Gasteiger partial charge >= 0.3 is 0 Å². The van der Waals surface area contributed by atoms with Crippen LogP contribution in [-0.4, -0.2) is 18.1 Å². The predicted octanol–water partition coefficient (Wildman–Crippen LogP) is 3.70. The summed E-state index contributed by atoms with van der Waals surface area (Å²) in [5.41, 5.74) is 6.59. The Bertz CT molecular complexity index is 323. The van der Waals surface area contributed by atoms with Crippen molar-refractivity contribution in [3.05, 3.63) is 0 Å². The van der Waals surface area contributed by atoms with E-state index in [1.54, 1.807) is 0 Å². The highest BCUT2D eigenvalue weighted by Gasteiger charge is 2.36. The monoisotopic (exact) mass is 278 g/mol. The first kappa shape index (κ1) is 17.5. The molecule has 1 aliphatic carbocycles. The average molecular weight is 278 g/mol. The molecule has 1 aliphatic rings. The van der Waals surface area contributed by atoms with Gasteiger partial charge in [-0.3, -0.25) is 5.32 Å². The van der Waals surface area contributed by atoms with Gasteiger partial charge in [0.05, 0.1) is 6.04 Å². The van der Waals surface area contributed by atoms with Crippen molar-refractivity contribution in [3.8, 4) is 12.3 Å². The minimum atomic E-state index is 0.0617. The summed E-state index contributed by atoms with van der Waals surface area (Å²) < 4.78 is 0. The molecule has 0 aliphatic heterocycles. The molecule has 2 heteroatoms. The molecule has 0 radical (unpaired) electrons. The highest BCUT2D eigenvalue weighted by Crippen LogP contribution is 2.39. The average Bonchev–Trinajstić information content (AvgIpc) is 2.61. The Morgan fingerprint density at radius 2 is 2.05 bits per heavy atom. The SMILES string of the molecule is C#CC(CCC)NC1(CN)CCCC(C(C)(C)C)CC1. The predicted molar refractivity (Wildman–Crippen MR) is 88.5 cm³/mol. The third-order valence-corrected chi connectivity index (χ3v) is 5.05. The number of hydrogen-bond donors (Lipinski definition) is 2. The zero-order valence-corrected chi connectivity index (χ0v) is 14.0. The van der Waals surface area contributed by atoms with E-state index in [2.05, 4.69) is 38.9 Å². The summed E-state index contributed by atoms with van der Waals surface area (Å²) in [6.07, 6.45) is 14.0. The van der Waals surface area contributed by atoms with Crippen LogP contribution < -0.4 is 11.1 Å². The molecular formula is C18H34N2. The molecule has 1 saturated carbocycles. The van der Waals surface area contributed by atoms with Crippen molar-refractivity contribution in [2.24, 2.45) is 17.1 Å². The number of terminal acetylenes is 1. The van der Waals surface area contributed by atoms with E-state index in [-0.39, 0.29) is 11.6 Å². The third-order valence-electron chi connectivity index (χ3n) is 5.05. The largest absolute Gasteiger partial charge is 0.329 e. The molecule has 1 rings (SSSR count). The van der Waals surface area contributed by atoms with Crippen molar-refractivity contribution in [1.29, 1.82) is 0 Å². The molecule has 0 spiro atoms. The molecule has 3 N–H and O–H groups in total. The smallest absolute Gasteiger partial charge is 0.0691 e. The minimum Gasteiger partial charge on any atom is -0.329 e. The highest BCUT2D eigenvalue weighted by atomic mass is 15.0. The van der Waals surface area contributed by atoms with Gasteiger partial charge in [-0.2, -0.15) is 0 Å². The van der Waals surface area contributed by atoms with Crippen LogP contribution in [0.4, 0.5) is 0 Å². The van der Waals surface area contributed by atoms with E-state index in [1.807, 2.05) is 0 Å². The lowest BCUT2D eigenvalue weighted by Gasteiger charge is -2.36. The highest BCUT2D eigenvalue weighted by molar-refractivity contribution is 5.04. The lowest BCUT2D eigenvalue weighted by Crippen LogP contribution is -2.54. The zero-order valence-electron chi connectivity index (χ0n) is 14.0. The van der Waals surface area contributed by atoms with E-state index >= 15 is 0 Å². The molecule has 116 valence electrons. The second-order valence-electron chi connectivity index (χ2n) is 7.63. The first-order valence-corrected chi connectivity index (χ1v) is 8.31. The van der Waals surface area contributed by atoms with E-state index in [1.165, 1.54) is 19.3 Å². The van der Waals surface area contributed by atoms with Gasteiger partial charge in [-0.15, -0.1) is 6.42 Å². The summed E-state index contributed by atoms with van der Waals surface area (Å²) in [5.74, 6) is 3.70. The molecule has 0 aromatic rings. The maximum absolute atomic E-state index is 6.13. The third kappa shape index (κ3) is 4.79. The molecule has 0 amide bonds. The first-order chi connectivity index (χ1) is 9.37. The van der Waals surface area contributed by atoms with Gasteiger partial charge in [0.1, 0.15) is 0 Å². The number of nitrogens with two attached hydrogens (primary N) is 1. The summed E-state index contributed by atoms with van der Waals surface area (Å²) in [4.78, 5) is 0. The van der Waals surface area contributed by atoms with Gasteiger partial charge in [-0.05, 0) is 43.4 Å². The minimum absolute atomic E-state index is 0.0617. The van der Waals surface area contributed by atoms with Crippen LogP contribution in [0.3, 0.4) is 0 Å². The van der Waals surface area contributed by atoms with Crippen LogP contribution in [0.1, 0.15) is 72.6 Å². The lowest BCUT2D eigenvalue weighted by molar-refractivity contribution is 0.204. The molecule has 0 aromatic heterocycles. The second-order valence-corrected chi connectivity index (χ2v) is 7.63. The fraction of sp³-hybridized carbons (Fsp3) is 0.889. The van der Waals surface area contributed by atoms with Crippen LogP contribution in [0.5, 0.6) is 0 Å². The topological polar surface area (TPSA) is 38.0 Å². The van der Waals surface area contributed by atoms with E-state index < -0.39 is 0 Å². The Labute approximate surface area is 126 Å². The van der Waals surface area contributed by atoms with Crippen molar-refractivity contribution in [1.82, 2.24) is 5.32 Å². The summed E-state index contributed by atoms with van der Waals surface area (Å²) in [6.45, 7) is 9.97. The van der Waals surface area contributed by atoms with Gasteiger partial charge in [-0.25, -0.2) is 0 Å². The van der Waals surface area contributed by atoms with Crippen molar-refractivity contribution in [3.63, 3.8) is 0 Å². The molecule has 2 nitrogen and oxygen atoms in total. The molecule has 0 aromatic carbocycles. The lowest BCUT2D eigenvalue weighted by atomic mass is 9.76. The quantitative estimate of drug-likeness (QED) is 0.594. The maximum atomic E-state index is 6.13. The molecule has 0 heterocycles. The van der Waals surface area contributed by atoms with Crippen LogP contribution in [0.2, 0.25) is 0 Å². The Kier molecular flexibility index (Phi) is 6.55. The Balaban J connectivity index is 2.72. The molecule has 3 atom stereocenters. The van der Waals surface area contributed by atoms with Gasteiger partial charge in [0.25, 0.3) is 0 Å². The fourth-order valence-electron chi connectivity index (χ4n) is 3.54. The van der Waals surface area contributed by atoms with Gasteiger partial charge in [0, 0.05) is 12.1 Å².